The van der Waals surface area contributed by atoms with E-state index in [-0.39, 0.29) is 11.7 Å². The van der Waals surface area contributed by atoms with Gasteiger partial charge in [0.15, 0.2) is 22.5 Å². The van der Waals surface area contributed by atoms with Crippen LogP contribution in [0.15, 0.2) is 58.8 Å². The summed E-state index contributed by atoms with van der Waals surface area (Å²) in [5.74, 6) is 1.85. The Morgan fingerprint density at radius 1 is 1.13 bits per heavy atom. The monoisotopic (exact) mass is 425 g/mol. The molecule has 0 unspecified atom stereocenters. The second-order valence-electron chi connectivity index (χ2n) is 6.08. The van der Waals surface area contributed by atoms with Gasteiger partial charge in [-0.05, 0) is 19.1 Å². The maximum absolute atomic E-state index is 12.2. The molecule has 0 aliphatic rings. The van der Waals surface area contributed by atoms with E-state index in [9.17, 15) is 4.79 Å². The topological polar surface area (TPSA) is 90.6 Å². The molecule has 0 aliphatic carbocycles. The number of hydrogen-bond acceptors (Lipinski definition) is 7. The minimum absolute atomic E-state index is 0.166. The van der Waals surface area contributed by atoms with Gasteiger partial charge in [-0.15, -0.1) is 10.2 Å². The lowest BCUT2D eigenvalue weighted by atomic mass is 10.2. The molecule has 8 nitrogen and oxygen atoms in total. The van der Waals surface area contributed by atoms with E-state index in [0.29, 0.717) is 28.8 Å². The Balaban J connectivity index is 1.61. The lowest BCUT2D eigenvalue weighted by Crippen LogP contribution is -2.20. The number of nitrogens with one attached hydrogen (secondary N) is 1. The van der Waals surface area contributed by atoms with E-state index in [2.05, 4.69) is 20.7 Å². The first-order valence-corrected chi connectivity index (χ1v) is 10.3. The summed E-state index contributed by atoms with van der Waals surface area (Å²) in [5.41, 5.74) is 4.21. The molecule has 0 spiro atoms. The number of para-hydroxylation sites is 1. The van der Waals surface area contributed by atoms with Gasteiger partial charge in [-0.1, -0.05) is 48.2 Å². The van der Waals surface area contributed by atoms with Crippen LogP contribution in [0.3, 0.4) is 0 Å². The average Bonchev–Trinajstić information content (AvgIpc) is 3.21. The maximum atomic E-state index is 12.2. The van der Waals surface area contributed by atoms with Crippen molar-refractivity contribution in [2.45, 2.75) is 18.6 Å². The van der Waals surface area contributed by atoms with Gasteiger partial charge >= 0.3 is 0 Å². The Morgan fingerprint density at radius 2 is 1.93 bits per heavy atom. The molecule has 156 valence electrons. The predicted octanol–water partition coefficient (Wildman–Crippen LogP) is 3.22. The number of hydrogen-bond donors (Lipinski definition) is 1. The average molecular weight is 426 g/mol. The standard InChI is InChI=1S/C21H23N5O3S/c1-4-26-20(15-9-6-5-7-10-15)24-25-21(26)30-14-18(27)23-22-13-16-11-8-12-17(28-2)19(16)29-3/h5-13H,4,14H2,1-3H3,(H,23,27)/b22-13+. The number of thioether (sulfide) groups is 1. The van der Waals surface area contributed by atoms with Gasteiger partial charge in [-0.2, -0.15) is 5.10 Å². The molecule has 0 fully saturated rings. The van der Waals surface area contributed by atoms with E-state index in [0.717, 1.165) is 11.4 Å². The Morgan fingerprint density at radius 3 is 2.63 bits per heavy atom. The molecule has 3 rings (SSSR count). The van der Waals surface area contributed by atoms with Gasteiger partial charge in [0.1, 0.15) is 0 Å². The molecule has 30 heavy (non-hydrogen) atoms. The van der Waals surface area contributed by atoms with Crippen molar-refractivity contribution in [2.75, 3.05) is 20.0 Å². The highest BCUT2D eigenvalue weighted by molar-refractivity contribution is 7.99. The summed E-state index contributed by atoms with van der Waals surface area (Å²) >= 11 is 1.31. The second-order valence-corrected chi connectivity index (χ2v) is 7.02. The minimum Gasteiger partial charge on any atom is -0.493 e. The first kappa shape index (κ1) is 21.4. The number of benzene rings is 2. The van der Waals surface area contributed by atoms with E-state index in [4.69, 9.17) is 9.47 Å². The van der Waals surface area contributed by atoms with Crippen molar-refractivity contribution in [3.8, 4) is 22.9 Å². The Labute approximate surface area is 179 Å². The van der Waals surface area contributed by atoms with Gasteiger partial charge in [0.25, 0.3) is 5.91 Å². The third kappa shape index (κ3) is 4.98. The normalized spacial score (nSPS) is 10.9. The van der Waals surface area contributed by atoms with Gasteiger partial charge in [0.2, 0.25) is 0 Å². The third-order valence-electron chi connectivity index (χ3n) is 4.22. The van der Waals surface area contributed by atoms with Crippen LogP contribution in [0.2, 0.25) is 0 Å². The summed E-state index contributed by atoms with van der Waals surface area (Å²) in [6, 6.07) is 15.3. The van der Waals surface area contributed by atoms with E-state index < -0.39 is 0 Å². The Hall–Kier alpha value is -3.33. The van der Waals surface area contributed by atoms with Crippen molar-refractivity contribution in [1.82, 2.24) is 20.2 Å². The van der Waals surface area contributed by atoms with Crippen LogP contribution in [0.1, 0.15) is 12.5 Å². The zero-order valence-electron chi connectivity index (χ0n) is 17.0. The number of nitrogens with zero attached hydrogens (tertiary/aromatic N) is 4. The highest BCUT2D eigenvalue weighted by atomic mass is 32.2. The van der Waals surface area contributed by atoms with Crippen LogP contribution < -0.4 is 14.9 Å². The SMILES string of the molecule is CCn1c(SCC(=O)N/N=C/c2cccc(OC)c2OC)nnc1-c1ccccc1. The largest absolute Gasteiger partial charge is 0.493 e. The van der Waals surface area contributed by atoms with E-state index in [1.165, 1.54) is 18.0 Å². The van der Waals surface area contributed by atoms with Gasteiger partial charge in [0.05, 0.1) is 26.2 Å². The van der Waals surface area contributed by atoms with Gasteiger partial charge in [-0.25, -0.2) is 5.43 Å². The molecule has 0 radical (unpaired) electrons. The van der Waals surface area contributed by atoms with Crippen molar-refractivity contribution >= 4 is 23.9 Å². The smallest absolute Gasteiger partial charge is 0.250 e. The first-order chi connectivity index (χ1) is 14.7. The molecule has 0 saturated carbocycles. The van der Waals surface area contributed by atoms with Crippen molar-refractivity contribution in [1.29, 1.82) is 0 Å². The van der Waals surface area contributed by atoms with Gasteiger partial charge in [0, 0.05) is 17.7 Å². The summed E-state index contributed by atoms with van der Waals surface area (Å²) in [4.78, 5) is 12.2. The maximum Gasteiger partial charge on any atom is 0.250 e. The summed E-state index contributed by atoms with van der Waals surface area (Å²) < 4.78 is 12.6. The molecule has 0 aliphatic heterocycles. The number of rotatable bonds is 9. The molecule has 1 N–H and O–H groups in total. The summed E-state index contributed by atoms with van der Waals surface area (Å²) in [6.45, 7) is 2.72. The van der Waals surface area contributed by atoms with Crippen LogP contribution in [0.25, 0.3) is 11.4 Å². The number of carbonyl (C=O) groups is 1. The number of methoxy groups -OCH3 is 2. The number of amides is 1. The van der Waals surface area contributed by atoms with Gasteiger partial charge in [-0.3, -0.25) is 4.79 Å². The molecule has 3 aromatic rings. The predicted molar refractivity (Wildman–Crippen MR) is 117 cm³/mol. The zero-order chi connectivity index (χ0) is 21.3. The molecular weight excluding hydrogens is 402 g/mol. The Kier molecular flexibility index (Phi) is 7.45. The zero-order valence-corrected chi connectivity index (χ0v) is 17.8. The fourth-order valence-corrected chi connectivity index (χ4v) is 3.63. The molecular formula is C21H23N5O3S. The van der Waals surface area contributed by atoms with E-state index in [1.54, 1.807) is 20.3 Å². The van der Waals surface area contributed by atoms with Crippen LogP contribution >= 0.6 is 11.8 Å². The molecule has 0 atom stereocenters. The second kappa shape index (κ2) is 10.4. The van der Waals surface area contributed by atoms with Crippen LogP contribution in [0.5, 0.6) is 11.5 Å². The lowest BCUT2D eigenvalue weighted by Gasteiger charge is -2.09. The summed E-state index contributed by atoms with van der Waals surface area (Å²) in [5, 5.41) is 13.2. The molecule has 0 bridgehead atoms. The highest BCUT2D eigenvalue weighted by Gasteiger charge is 2.14. The van der Waals surface area contributed by atoms with Gasteiger partial charge < -0.3 is 14.0 Å². The van der Waals surface area contributed by atoms with Crippen molar-refractivity contribution in [3.63, 3.8) is 0 Å². The van der Waals surface area contributed by atoms with Crippen LogP contribution in [0.4, 0.5) is 0 Å². The fraction of sp³-hybridized carbons (Fsp3) is 0.238. The number of aromatic nitrogens is 3. The summed E-state index contributed by atoms with van der Waals surface area (Å²) in [6.07, 6.45) is 1.52. The van der Waals surface area contributed by atoms with Crippen molar-refractivity contribution in [3.05, 3.63) is 54.1 Å². The fourth-order valence-electron chi connectivity index (χ4n) is 2.83. The van der Waals surface area contributed by atoms with Crippen molar-refractivity contribution in [2.24, 2.45) is 5.10 Å². The number of carbonyl (C=O) groups excluding carboxylic acids is 1. The quantitative estimate of drug-likeness (QED) is 0.322. The van der Waals surface area contributed by atoms with E-state index >= 15 is 0 Å². The first-order valence-electron chi connectivity index (χ1n) is 9.32. The molecule has 1 amide bonds. The molecule has 1 aromatic heterocycles. The molecule has 2 aromatic carbocycles. The lowest BCUT2D eigenvalue weighted by molar-refractivity contribution is -0.118. The Bertz CT molecular complexity index is 1020. The third-order valence-corrected chi connectivity index (χ3v) is 5.19. The van der Waals surface area contributed by atoms with E-state index in [1.807, 2.05) is 54.0 Å². The highest BCUT2D eigenvalue weighted by Crippen LogP contribution is 2.29. The summed E-state index contributed by atoms with van der Waals surface area (Å²) in [7, 11) is 3.12. The molecule has 9 heteroatoms. The number of ether oxygens (including phenoxy) is 2. The van der Waals surface area contributed by atoms with Crippen molar-refractivity contribution < 1.29 is 14.3 Å². The molecule has 1 heterocycles. The van der Waals surface area contributed by atoms with Crippen LogP contribution in [0, 0.1) is 0 Å². The minimum atomic E-state index is -0.245. The number of hydrazone groups is 1. The van der Waals surface area contributed by atoms with Crippen LogP contribution in [-0.2, 0) is 11.3 Å². The molecule has 0 saturated heterocycles. The van der Waals surface area contributed by atoms with Crippen LogP contribution in [-0.4, -0.2) is 46.9 Å².